The molecule has 132 valence electrons. The van der Waals surface area contributed by atoms with Gasteiger partial charge in [0.15, 0.2) is 0 Å². The van der Waals surface area contributed by atoms with Crippen LogP contribution in [0.1, 0.15) is 35.7 Å². The fourth-order valence-corrected chi connectivity index (χ4v) is 3.66. The van der Waals surface area contributed by atoms with Crippen LogP contribution in [0.25, 0.3) is 0 Å². The molecule has 0 amide bonds. The highest BCUT2D eigenvalue weighted by Gasteiger charge is 2.31. The molecule has 0 aliphatic carbocycles. The number of hydrogen-bond donors (Lipinski definition) is 0. The van der Waals surface area contributed by atoms with Crippen molar-refractivity contribution in [3.8, 4) is 17.7 Å². The van der Waals surface area contributed by atoms with E-state index >= 15 is 0 Å². The molecule has 25 heavy (non-hydrogen) atoms. The summed E-state index contributed by atoms with van der Waals surface area (Å²) in [5, 5.41) is 13.7. The number of hydrogen-bond acceptors (Lipinski definition) is 5. The molecular weight excluding hydrogens is 316 g/mol. The zero-order chi connectivity index (χ0) is 17.8. The Morgan fingerprint density at radius 3 is 2.92 bits per heavy atom. The minimum Gasteiger partial charge on any atom is -0.491 e. The second kappa shape index (κ2) is 7.58. The van der Waals surface area contributed by atoms with Gasteiger partial charge in [-0.2, -0.15) is 10.4 Å². The van der Waals surface area contributed by atoms with Gasteiger partial charge in [0.2, 0.25) is 5.88 Å². The van der Waals surface area contributed by atoms with Crippen molar-refractivity contribution in [1.82, 2.24) is 14.7 Å². The molecule has 6 nitrogen and oxygen atoms in total. The monoisotopic (exact) mass is 340 g/mol. The molecule has 1 aliphatic heterocycles. The zero-order valence-electron chi connectivity index (χ0n) is 15.0. The number of aryl methyl sites for hydroxylation is 2. The SMILES string of the molecule is COc1c([C@@H]2CCCN2CCOc2ccccc2C#N)c(C)nn1C. The van der Waals surface area contributed by atoms with E-state index in [1.54, 1.807) is 17.9 Å². The third kappa shape index (κ3) is 3.47. The van der Waals surface area contributed by atoms with Crippen LogP contribution in [0.2, 0.25) is 0 Å². The number of ether oxygens (including phenoxy) is 2. The molecule has 1 fully saturated rings. The number of nitriles is 1. The van der Waals surface area contributed by atoms with Crippen LogP contribution in [0.4, 0.5) is 0 Å². The first-order chi connectivity index (χ1) is 12.2. The lowest BCUT2D eigenvalue weighted by Gasteiger charge is -2.25. The van der Waals surface area contributed by atoms with E-state index in [1.807, 2.05) is 32.2 Å². The van der Waals surface area contributed by atoms with Gasteiger partial charge < -0.3 is 9.47 Å². The smallest absolute Gasteiger partial charge is 0.216 e. The topological polar surface area (TPSA) is 63.3 Å². The van der Waals surface area contributed by atoms with E-state index < -0.39 is 0 Å². The van der Waals surface area contributed by atoms with Gasteiger partial charge in [-0.1, -0.05) is 12.1 Å². The predicted octanol–water partition coefficient (Wildman–Crippen LogP) is 2.82. The molecule has 2 aromatic rings. The van der Waals surface area contributed by atoms with Crippen molar-refractivity contribution in [2.75, 3.05) is 26.8 Å². The van der Waals surface area contributed by atoms with Crippen LogP contribution in [0.3, 0.4) is 0 Å². The second-order valence-corrected chi connectivity index (χ2v) is 6.28. The van der Waals surface area contributed by atoms with Crippen molar-refractivity contribution < 1.29 is 9.47 Å². The maximum absolute atomic E-state index is 9.15. The maximum atomic E-state index is 9.15. The summed E-state index contributed by atoms with van der Waals surface area (Å²) in [6.45, 7) is 4.43. The molecule has 0 spiro atoms. The summed E-state index contributed by atoms with van der Waals surface area (Å²) in [6.07, 6.45) is 2.24. The minimum absolute atomic E-state index is 0.304. The number of likely N-dealkylation sites (tertiary alicyclic amines) is 1. The largest absolute Gasteiger partial charge is 0.491 e. The van der Waals surface area contributed by atoms with E-state index in [0.29, 0.717) is 24.0 Å². The third-order valence-corrected chi connectivity index (χ3v) is 4.75. The van der Waals surface area contributed by atoms with E-state index in [-0.39, 0.29) is 0 Å². The van der Waals surface area contributed by atoms with Crippen molar-refractivity contribution in [2.45, 2.75) is 25.8 Å². The van der Waals surface area contributed by atoms with E-state index in [4.69, 9.17) is 14.7 Å². The number of aromatic nitrogens is 2. The Morgan fingerprint density at radius 1 is 1.36 bits per heavy atom. The van der Waals surface area contributed by atoms with Crippen molar-refractivity contribution in [3.63, 3.8) is 0 Å². The molecule has 3 rings (SSSR count). The number of nitrogens with zero attached hydrogens (tertiary/aromatic N) is 4. The van der Waals surface area contributed by atoms with Crippen LogP contribution >= 0.6 is 0 Å². The molecule has 0 unspecified atom stereocenters. The van der Waals surface area contributed by atoms with Crippen LogP contribution in [0.15, 0.2) is 24.3 Å². The van der Waals surface area contributed by atoms with Gasteiger partial charge in [-0.25, -0.2) is 4.68 Å². The molecule has 1 aromatic carbocycles. The molecule has 2 heterocycles. The summed E-state index contributed by atoms with van der Waals surface area (Å²) in [7, 11) is 3.61. The minimum atomic E-state index is 0.304. The molecule has 0 saturated carbocycles. The summed E-state index contributed by atoms with van der Waals surface area (Å²) < 4.78 is 13.2. The van der Waals surface area contributed by atoms with Gasteiger partial charge in [-0.3, -0.25) is 4.90 Å². The van der Waals surface area contributed by atoms with Crippen LogP contribution in [-0.2, 0) is 7.05 Å². The van der Waals surface area contributed by atoms with Gasteiger partial charge in [-0.15, -0.1) is 0 Å². The quantitative estimate of drug-likeness (QED) is 0.809. The molecule has 0 N–H and O–H groups in total. The lowest BCUT2D eigenvalue weighted by Crippen LogP contribution is -2.28. The van der Waals surface area contributed by atoms with Crippen molar-refractivity contribution in [3.05, 3.63) is 41.1 Å². The summed E-state index contributed by atoms with van der Waals surface area (Å²) >= 11 is 0. The number of rotatable bonds is 6. The zero-order valence-corrected chi connectivity index (χ0v) is 15.0. The molecule has 6 heteroatoms. The lowest BCUT2D eigenvalue weighted by molar-refractivity contribution is 0.194. The summed E-state index contributed by atoms with van der Waals surface area (Å²) in [5.41, 5.74) is 2.78. The molecule has 1 aromatic heterocycles. The van der Waals surface area contributed by atoms with Crippen LogP contribution < -0.4 is 9.47 Å². The van der Waals surface area contributed by atoms with E-state index in [9.17, 15) is 0 Å². The fraction of sp³-hybridized carbons (Fsp3) is 0.474. The van der Waals surface area contributed by atoms with Gasteiger partial charge in [0.25, 0.3) is 0 Å². The van der Waals surface area contributed by atoms with E-state index in [2.05, 4.69) is 16.1 Å². The van der Waals surface area contributed by atoms with Crippen LogP contribution in [0, 0.1) is 18.3 Å². The van der Waals surface area contributed by atoms with Gasteiger partial charge in [-0.05, 0) is 38.4 Å². The molecule has 1 saturated heterocycles. The van der Waals surface area contributed by atoms with Gasteiger partial charge >= 0.3 is 0 Å². The Labute approximate surface area is 148 Å². The molecule has 0 bridgehead atoms. The molecule has 0 radical (unpaired) electrons. The van der Waals surface area contributed by atoms with Crippen molar-refractivity contribution in [1.29, 1.82) is 5.26 Å². The van der Waals surface area contributed by atoms with Crippen molar-refractivity contribution >= 4 is 0 Å². The first kappa shape index (κ1) is 17.3. The summed E-state index contributed by atoms with van der Waals surface area (Å²) in [5.74, 6) is 1.49. The Bertz CT molecular complexity index is 778. The third-order valence-electron chi connectivity index (χ3n) is 4.75. The Kier molecular flexibility index (Phi) is 5.25. The number of methoxy groups -OCH3 is 1. The first-order valence-electron chi connectivity index (χ1n) is 8.59. The van der Waals surface area contributed by atoms with Gasteiger partial charge in [0.05, 0.1) is 23.9 Å². The normalized spacial score (nSPS) is 17.4. The number of benzene rings is 1. The highest BCUT2D eigenvalue weighted by atomic mass is 16.5. The van der Waals surface area contributed by atoms with Crippen LogP contribution in [-0.4, -0.2) is 41.5 Å². The molecular formula is C19H24N4O2. The molecule has 1 aliphatic rings. The summed E-state index contributed by atoms with van der Waals surface area (Å²) in [4.78, 5) is 2.42. The summed E-state index contributed by atoms with van der Waals surface area (Å²) in [6, 6.07) is 9.82. The average Bonchev–Trinajstić information content (AvgIpc) is 3.18. The predicted molar refractivity (Wildman–Crippen MR) is 94.7 cm³/mol. The highest BCUT2D eigenvalue weighted by molar-refractivity contribution is 5.42. The fourth-order valence-electron chi connectivity index (χ4n) is 3.66. The molecule has 1 atom stereocenters. The number of para-hydroxylation sites is 1. The Morgan fingerprint density at radius 2 is 2.16 bits per heavy atom. The average molecular weight is 340 g/mol. The highest BCUT2D eigenvalue weighted by Crippen LogP contribution is 2.38. The van der Waals surface area contributed by atoms with Gasteiger partial charge in [0, 0.05) is 19.6 Å². The van der Waals surface area contributed by atoms with Crippen LogP contribution in [0.5, 0.6) is 11.6 Å². The van der Waals surface area contributed by atoms with E-state index in [1.165, 1.54) is 5.56 Å². The van der Waals surface area contributed by atoms with Gasteiger partial charge in [0.1, 0.15) is 18.4 Å². The Balaban J connectivity index is 1.68. The second-order valence-electron chi connectivity index (χ2n) is 6.28. The standard InChI is InChI=1S/C19H24N4O2/c1-14-18(19(24-3)22(2)21-14)16-8-6-10-23(16)11-12-25-17-9-5-4-7-15(17)13-20/h4-5,7,9,16H,6,8,10-12H2,1-3H3/t16-/m0/s1. The maximum Gasteiger partial charge on any atom is 0.216 e. The van der Waals surface area contributed by atoms with E-state index in [0.717, 1.165) is 37.5 Å². The van der Waals surface area contributed by atoms with Crippen molar-refractivity contribution in [2.24, 2.45) is 7.05 Å². The Hall–Kier alpha value is -2.52. The lowest BCUT2D eigenvalue weighted by atomic mass is 10.1. The first-order valence-corrected chi connectivity index (χ1v) is 8.59.